The van der Waals surface area contributed by atoms with E-state index < -0.39 is 0 Å². The highest BCUT2D eigenvalue weighted by atomic mass is 127. The Bertz CT molecular complexity index is 453. The summed E-state index contributed by atoms with van der Waals surface area (Å²) in [6.45, 7) is 5.18. The first-order chi connectivity index (χ1) is 9.83. The average molecular weight is 426 g/mol. The second-order valence-electron chi connectivity index (χ2n) is 5.30. The number of rotatable bonds is 7. The van der Waals surface area contributed by atoms with Crippen molar-refractivity contribution in [2.45, 2.75) is 32.4 Å². The molecule has 0 saturated carbocycles. The molecular weight excluding hydrogens is 403 g/mol. The lowest BCUT2D eigenvalue weighted by molar-refractivity contribution is 0.185. The number of aromatic nitrogens is 1. The van der Waals surface area contributed by atoms with Gasteiger partial charge in [0.1, 0.15) is 0 Å². The van der Waals surface area contributed by atoms with Gasteiger partial charge in [0, 0.05) is 47.8 Å². The number of halogens is 1. The highest BCUT2D eigenvalue weighted by Crippen LogP contribution is 2.19. The summed E-state index contributed by atoms with van der Waals surface area (Å²) in [5.41, 5.74) is 0.896. The lowest BCUT2D eigenvalue weighted by Gasteiger charge is -2.23. The van der Waals surface area contributed by atoms with Crippen LogP contribution in [0.25, 0.3) is 0 Å². The molecule has 0 radical (unpaired) electrons. The third-order valence-corrected chi connectivity index (χ3v) is 4.42. The lowest BCUT2D eigenvalue weighted by atomic mass is 10.2. The molecule has 21 heavy (non-hydrogen) atoms. The minimum atomic E-state index is -0.275. The van der Waals surface area contributed by atoms with Crippen LogP contribution in [0.1, 0.15) is 30.5 Å². The maximum Gasteiger partial charge on any atom is 0.317 e. The third-order valence-electron chi connectivity index (χ3n) is 2.83. The summed E-state index contributed by atoms with van der Waals surface area (Å²) >= 11 is 3.74. The Morgan fingerprint density at radius 3 is 2.67 bits per heavy atom. The van der Waals surface area contributed by atoms with Gasteiger partial charge in [-0.2, -0.15) is 0 Å². The smallest absolute Gasteiger partial charge is 0.317 e. The number of hydrogen-bond acceptors (Lipinski definition) is 5. The molecule has 0 aliphatic heterocycles. The van der Waals surface area contributed by atoms with Gasteiger partial charge in [-0.15, -0.1) is 11.3 Å². The average Bonchev–Trinajstić information content (AvgIpc) is 2.85. The number of urea groups is 1. The van der Waals surface area contributed by atoms with Gasteiger partial charge in [-0.3, -0.25) is 0 Å². The topological polar surface area (TPSA) is 68.7 Å². The van der Waals surface area contributed by atoms with Crippen LogP contribution in [0.4, 0.5) is 4.79 Å². The van der Waals surface area contributed by atoms with Gasteiger partial charge < -0.3 is 15.3 Å². The highest BCUT2D eigenvalue weighted by molar-refractivity contribution is 14.1. The fraction of sp³-hybridized carbons (Fsp3) is 0.692. The molecule has 0 bridgehead atoms. The summed E-state index contributed by atoms with van der Waals surface area (Å²) in [5, 5.41) is 15.2. The maximum atomic E-state index is 12.1. The Labute approximate surface area is 144 Å². The van der Waals surface area contributed by atoms with Gasteiger partial charge in [0.25, 0.3) is 0 Å². The third kappa shape index (κ3) is 6.45. The van der Waals surface area contributed by atoms with Crippen molar-refractivity contribution in [2.75, 3.05) is 27.2 Å². The Balaban J connectivity index is 2.53. The van der Waals surface area contributed by atoms with Gasteiger partial charge in [0.05, 0.1) is 29.9 Å². The number of thiazole rings is 1. The molecule has 1 atom stereocenters. The fourth-order valence-corrected chi connectivity index (χ4v) is 3.01. The Morgan fingerprint density at radius 2 is 2.19 bits per heavy atom. The number of likely N-dealkylation sites (N-methyl/N-ethyl adjacent to an activating group) is 1. The SMILES string of the molecule is CC(C)c1nc(CN(C)C(=O)NC(CO)CN(C)I)cs1. The van der Waals surface area contributed by atoms with Crippen LogP contribution in [0.3, 0.4) is 0 Å². The maximum absolute atomic E-state index is 12.1. The zero-order valence-corrected chi connectivity index (χ0v) is 15.8. The molecule has 2 amide bonds. The molecule has 0 saturated heterocycles. The van der Waals surface area contributed by atoms with Crippen LogP contribution in [0.5, 0.6) is 0 Å². The molecule has 6 nitrogen and oxygen atoms in total. The predicted octanol–water partition coefficient (Wildman–Crippen LogP) is 2.05. The number of amides is 2. The first-order valence-corrected chi connectivity index (χ1v) is 8.61. The molecule has 1 unspecified atom stereocenters. The highest BCUT2D eigenvalue weighted by Gasteiger charge is 2.17. The van der Waals surface area contributed by atoms with Crippen molar-refractivity contribution in [1.29, 1.82) is 0 Å². The van der Waals surface area contributed by atoms with E-state index in [1.54, 1.807) is 23.3 Å². The molecule has 0 aliphatic rings. The van der Waals surface area contributed by atoms with Crippen molar-refractivity contribution in [1.82, 2.24) is 18.3 Å². The largest absolute Gasteiger partial charge is 0.394 e. The second kappa shape index (κ2) is 8.86. The van der Waals surface area contributed by atoms with Crippen molar-refractivity contribution < 1.29 is 9.90 Å². The van der Waals surface area contributed by atoms with Crippen molar-refractivity contribution in [3.8, 4) is 0 Å². The van der Waals surface area contributed by atoms with Gasteiger partial charge in [-0.25, -0.2) is 12.9 Å². The summed E-state index contributed by atoms with van der Waals surface area (Å²) in [5.74, 6) is 0.404. The van der Waals surface area contributed by atoms with Crippen LogP contribution < -0.4 is 5.32 Å². The van der Waals surface area contributed by atoms with Crippen molar-refractivity contribution in [3.05, 3.63) is 16.1 Å². The van der Waals surface area contributed by atoms with E-state index in [0.717, 1.165) is 10.7 Å². The second-order valence-corrected chi connectivity index (χ2v) is 7.84. The Kier molecular flexibility index (Phi) is 7.85. The zero-order chi connectivity index (χ0) is 16.0. The molecule has 1 aromatic rings. The van der Waals surface area contributed by atoms with Gasteiger partial charge in [0.15, 0.2) is 0 Å². The number of aliphatic hydroxyl groups is 1. The van der Waals surface area contributed by atoms with Gasteiger partial charge in [-0.05, 0) is 7.05 Å². The molecule has 0 aliphatic carbocycles. The summed E-state index contributed by atoms with van der Waals surface area (Å²) in [4.78, 5) is 18.2. The van der Waals surface area contributed by atoms with E-state index in [1.165, 1.54) is 0 Å². The summed E-state index contributed by atoms with van der Waals surface area (Å²) in [6.07, 6.45) is 0. The van der Waals surface area contributed by atoms with Crippen LogP contribution in [-0.2, 0) is 6.54 Å². The summed E-state index contributed by atoms with van der Waals surface area (Å²) in [7, 11) is 3.62. The van der Waals surface area contributed by atoms with E-state index in [4.69, 9.17) is 0 Å². The van der Waals surface area contributed by atoms with Gasteiger partial charge in [-0.1, -0.05) is 13.8 Å². The first-order valence-electron chi connectivity index (χ1n) is 6.77. The van der Waals surface area contributed by atoms with E-state index in [0.29, 0.717) is 19.0 Å². The quantitative estimate of drug-likeness (QED) is 0.518. The number of carbonyl (C=O) groups excluding carboxylic acids is 1. The van der Waals surface area contributed by atoms with Crippen LogP contribution in [0, 0.1) is 0 Å². The minimum absolute atomic E-state index is 0.0822. The fourth-order valence-electron chi connectivity index (χ4n) is 1.71. The van der Waals surface area contributed by atoms with E-state index in [9.17, 15) is 9.90 Å². The predicted molar refractivity (Wildman–Crippen MR) is 93.7 cm³/mol. The van der Waals surface area contributed by atoms with Crippen molar-refractivity contribution in [2.24, 2.45) is 0 Å². The van der Waals surface area contributed by atoms with E-state index in [1.807, 2.05) is 15.5 Å². The van der Waals surface area contributed by atoms with Crippen LogP contribution in [-0.4, -0.2) is 57.4 Å². The zero-order valence-electron chi connectivity index (χ0n) is 12.8. The number of hydrogen-bond donors (Lipinski definition) is 2. The number of carbonyl (C=O) groups is 1. The monoisotopic (exact) mass is 426 g/mol. The number of aliphatic hydroxyl groups excluding tert-OH is 1. The van der Waals surface area contributed by atoms with E-state index in [2.05, 4.69) is 47.0 Å². The molecular formula is C13H23IN4O2S. The van der Waals surface area contributed by atoms with Crippen molar-refractivity contribution in [3.63, 3.8) is 0 Å². The van der Waals surface area contributed by atoms with E-state index >= 15 is 0 Å². The molecule has 1 aromatic heterocycles. The molecule has 0 spiro atoms. The van der Waals surface area contributed by atoms with Crippen molar-refractivity contribution >= 4 is 40.2 Å². The number of nitrogens with one attached hydrogen (secondary N) is 1. The van der Waals surface area contributed by atoms with Crippen LogP contribution in [0.15, 0.2) is 5.38 Å². The van der Waals surface area contributed by atoms with Crippen LogP contribution in [0.2, 0.25) is 0 Å². The molecule has 8 heteroatoms. The molecule has 120 valence electrons. The molecule has 0 fully saturated rings. The van der Waals surface area contributed by atoms with E-state index in [-0.39, 0.29) is 18.7 Å². The summed E-state index contributed by atoms with van der Waals surface area (Å²) in [6, 6.07) is -0.477. The molecule has 2 N–H and O–H groups in total. The first kappa shape index (κ1) is 18.6. The molecule has 1 rings (SSSR count). The van der Waals surface area contributed by atoms with Gasteiger partial charge in [0.2, 0.25) is 0 Å². The molecule has 1 heterocycles. The standard InChI is InChI=1S/C13H23IN4O2S/c1-9(2)12-15-11(8-21-12)5-17(3)13(20)16-10(7-19)6-18(4)14/h8-10,19H,5-7H2,1-4H3,(H,16,20). The Hall–Kier alpha value is -0.450. The lowest BCUT2D eigenvalue weighted by Crippen LogP contribution is -2.47. The van der Waals surface area contributed by atoms with Gasteiger partial charge >= 0.3 is 6.03 Å². The number of nitrogens with zero attached hydrogens (tertiary/aromatic N) is 3. The molecule has 0 aromatic carbocycles. The normalized spacial score (nSPS) is 12.8. The summed E-state index contributed by atoms with van der Waals surface area (Å²) < 4.78 is 1.90. The Morgan fingerprint density at radius 1 is 1.52 bits per heavy atom. The minimum Gasteiger partial charge on any atom is -0.394 e. The van der Waals surface area contributed by atoms with Crippen LogP contribution >= 0.6 is 34.2 Å².